The van der Waals surface area contributed by atoms with Gasteiger partial charge < -0.3 is 20.1 Å². The van der Waals surface area contributed by atoms with Crippen LogP contribution in [-0.2, 0) is 23.9 Å². The van der Waals surface area contributed by atoms with Gasteiger partial charge in [-0.15, -0.1) is 12.3 Å². The van der Waals surface area contributed by atoms with Crippen LogP contribution in [0.4, 0.5) is 0 Å². The molecule has 0 aliphatic carbocycles. The highest BCUT2D eigenvalue weighted by atomic mass is 16.5. The molecule has 0 aromatic rings. The number of terminal acetylenes is 1. The Morgan fingerprint density at radius 2 is 1.73 bits per heavy atom. The summed E-state index contributed by atoms with van der Waals surface area (Å²) in [5.41, 5.74) is -0.265. The monoisotopic (exact) mass is 422 g/mol. The van der Waals surface area contributed by atoms with Gasteiger partial charge in [-0.25, -0.2) is 0 Å². The summed E-state index contributed by atoms with van der Waals surface area (Å²) in [5, 5.41) is 11.4. The summed E-state index contributed by atoms with van der Waals surface area (Å²) in [7, 11) is 0. The number of unbranched alkanes of at least 4 members (excludes halogenated alkanes) is 4. The molecule has 1 heterocycles. The molecule has 8 heteroatoms. The zero-order valence-electron chi connectivity index (χ0n) is 17.9. The van der Waals surface area contributed by atoms with E-state index < -0.39 is 11.9 Å². The Balaban J connectivity index is 2.03. The van der Waals surface area contributed by atoms with E-state index in [9.17, 15) is 19.2 Å². The molecule has 0 saturated carbocycles. The number of carbonyl (C=O) groups excluding carboxylic acids is 3. The van der Waals surface area contributed by atoms with E-state index in [1.807, 2.05) is 6.92 Å². The van der Waals surface area contributed by atoms with E-state index in [0.29, 0.717) is 38.9 Å². The average Bonchev–Trinajstić information content (AvgIpc) is 2.68. The zero-order chi connectivity index (χ0) is 22.4. The number of hydrogen-bond acceptors (Lipinski definition) is 5. The van der Waals surface area contributed by atoms with Crippen molar-refractivity contribution >= 4 is 23.8 Å². The Hall–Kier alpha value is -2.56. The van der Waals surface area contributed by atoms with Crippen molar-refractivity contribution in [1.29, 1.82) is 0 Å². The van der Waals surface area contributed by atoms with Crippen molar-refractivity contribution < 1.29 is 29.0 Å². The second kappa shape index (κ2) is 13.6. The molecule has 1 fully saturated rings. The van der Waals surface area contributed by atoms with Crippen LogP contribution in [0, 0.1) is 17.8 Å². The normalized spacial score (nSPS) is 14.3. The van der Waals surface area contributed by atoms with Crippen molar-refractivity contribution in [3.8, 4) is 12.3 Å². The van der Waals surface area contributed by atoms with Gasteiger partial charge in [-0.1, -0.05) is 13.3 Å². The second-order valence-corrected chi connectivity index (χ2v) is 8.19. The summed E-state index contributed by atoms with van der Waals surface area (Å²) < 4.78 is 5.13. The maximum Gasteiger partial charge on any atom is 0.306 e. The number of nitrogens with zero attached hydrogens (tertiary/aromatic N) is 1. The van der Waals surface area contributed by atoms with Gasteiger partial charge in [-0.2, -0.15) is 0 Å². The molecule has 0 aromatic heterocycles. The Kier molecular flexibility index (Phi) is 11.6. The zero-order valence-corrected chi connectivity index (χ0v) is 17.9. The summed E-state index contributed by atoms with van der Waals surface area (Å²) in [5.74, 6) is 1.13. The average molecular weight is 423 g/mol. The third kappa shape index (κ3) is 10.8. The Morgan fingerprint density at radius 3 is 2.40 bits per heavy atom. The fraction of sp³-hybridized carbons (Fsp3) is 0.727. The molecule has 1 aliphatic rings. The Morgan fingerprint density at radius 1 is 1.03 bits per heavy atom. The molecule has 0 aromatic carbocycles. The highest BCUT2D eigenvalue weighted by molar-refractivity contribution is 5.78. The van der Waals surface area contributed by atoms with Crippen LogP contribution in [0.15, 0.2) is 0 Å². The lowest BCUT2D eigenvalue weighted by Gasteiger charge is -2.47. The summed E-state index contributed by atoms with van der Waals surface area (Å²) >= 11 is 0. The molecule has 0 spiro atoms. The molecule has 0 radical (unpaired) electrons. The number of rotatable bonds is 15. The van der Waals surface area contributed by atoms with Gasteiger partial charge in [0.2, 0.25) is 11.8 Å². The first kappa shape index (κ1) is 25.5. The number of carboxylic acid groups (broad SMARTS) is 1. The summed E-state index contributed by atoms with van der Waals surface area (Å²) in [6, 6.07) is 0. The van der Waals surface area contributed by atoms with Crippen LogP contribution in [0.1, 0.15) is 71.1 Å². The third-order valence-electron chi connectivity index (χ3n) is 4.99. The molecule has 1 rings (SSSR count). The summed E-state index contributed by atoms with van der Waals surface area (Å²) in [6.45, 7) is 3.83. The van der Waals surface area contributed by atoms with Crippen molar-refractivity contribution in [2.75, 3.05) is 26.2 Å². The van der Waals surface area contributed by atoms with Crippen molar-refractivity contribution in [1.82, 2.24) is 10.2 Å². The van der Waals surface area contributed by atoms with Crippen molar-refractivity contribution in [3.63, 3.8) is 0 Å². The molecule has 0 bridgehead atoms. The van der Waals surface area contributed by atoms with Gasteiger partial charge in [0.15, 0.2) is 0 Å². The maximum atomic E-state index is 12.2. The maximum absolute atomic E-state index is 12.2. The number of carbonyl (C=O) groups is 4. The summed E-state index contributed by atoms with van der Waals surface area (Å²) in [4.78, 5) is 47.5. The fourth-order valence-electron chi connectivity index (χ4n) is 3.24. The van der Waals surface area contributed by atoms with Gasteiger partial charge in [-0.3, -0.25) is 19.2 Å². The number of nitrogens with one attached hydrogen (secondary N) is 1. The third-order valence-corrected chi connectivity index (χ3v) is 4.99. The predicted octanol–water partition coefficient (Wildman–Crippen LogP) is 2.11. The minimum Gasteiger partial charge on any atom is -0.481 e. The number of hydrogen-bond donors (Lipinski definition) is 2. The highest BCUT2D eigenvalue weighted by Gasteiger charge is 2.41. The Bertz CT molecular complexity index is 634. The standard InChI is InChI=1S/C22H34N2O6/c1-3-4-5-7-10-18(25)23-14-9-6-8-11-19(26)24-15-22(2,16-24)17-30-21(29)13-12-20(27)28/h1H,4-17H2,2H3,(H,23,25)(H,27,28). The predicted molar refractivity (Wildman–Crippen MR) is 111 cm³/mol. The van der Waals surface area contributed by atoms with Gasteiger partial charge in [0.05, 0.1) is 12.8 Å². The van der Waals surface area contributed by atoms with Gasteiger partial charge in [-0.05, 0) is 25.7 Å². The van der Waals surface area contributed by atoms with E-state index >= 15 is 0 Å². The smallest absolute Gasteiger partial charge is 0.306 e. The van der Waals surface area contributed by atoms with Gasteiger partial charge in [0.1, 0.15) is 6.61 Å². The van der Waals surface area contributed by atoms with Crippen LogP contribution in [-0.4, -0.2) is 60.0 Å². The SMILES string of the molecule is C#CCCCCC(=O)NCCCCCC(=O)N1CC(C)(COC(=O)CCC(=O)O)C1. The molecule has 30 heavy (non-hydrogen) atoms. The van der Waals surface area contributed by atoms with Gasteiger partial charge >= 0.3 is 11.9 Å². The van der Waals surface area contributed by atoms with E-state index in [1.165, 1.54) is 0 Å². The number of likely N-dealkylation sites (tertiary alicyclic amines) is 1. The quantitative estimate of drug-likeness (QED) is 0.237. The molecule has 2 amide bonds. The van der Waals surface area contributed by atoms with Crippen LogP contribution >= 0.6 is 0 Å². The minimum absolute atomic E-state index is 0.0478. The van der Waals surface area contributed by atoms with Crippen LogP contribution < -0.4 is 5.32 Å². The van der Waals surface area contributed by atoms with Crippen LogP contribution in [0.3, 0.4) is 0 Å². The minimum atomic E-state index is -1.03. The second-order valence-electron chi connectivity index (χ2n) is 8.19. The molecular formula is C22H34N2O6. The molecule has 0 unspecified atom stereocenters. The number of ether oxygens (including phenoxy) is 1. The first-order valence-electron chi connectivity index (χ1n) is 10.6. The number of carboxylic acids is 1. The highest BCUT2D eigenvalue weighted by Crippen LogP contribution is 2.31. The molecule has 8 nitrogen and oxygen atoms in total. The van der Waals surface area contributed by atoms with Crippen LogP contribution in [0.2, 0.25) is 0 Å². The number of amides is 2. The van der Waals surface area contributed by atoms with E-state index in [4.69, 9.17) is 16.3 Å². The van der Waals surface area contributed by atoms with Crippen molar-refractivity contribution in [2.24, 2.45) is 5.41 Å². The molecule has 168 valence electrons. The lowest BCUT2D eigenvalue weighted by molar-refractivity contribution is -0.158. The first-order valence-corrected chi connectivity index (χ1v) is 10.6. The topological polar surface area (TPSA) is 113 Å². The Labute approximate surface area is 178 Å². The van der Waals surface area contributed by atoms with E-state index in [-0.39, 0.29) is 36.7 Å². The van der Waals surface area contributed by atoms with Crippen molar-refractivity contribution in [2.45, 2.75) is 71.1 Å². The largest absolute Gasteiger partial charge is 0.481 e. The van der Waals surface area contributed by atoms with Gasteiger partial charge in [0.25, 0.3) is 0 Å². The van der Waals surface area contributed by atoms with Crippen LogP contribution in [0.5, 0.6) is 0 Å². The fourth-order valence-corrected chi connectivity index (χ4v) is 3.24. The lowest BCUT2D eigenvalue weighted by atomic mass is 9.82. The lowest BCUT2D eigenvalue weighted by Crippen LogP contribution is -2.59. The summed E-state index contributed by atoms with van der Waals surface area (Å²) in [6.07, 6.45) is 10.6. The van der Waals surface area contributed by atoms with E-state index in [1.54, 1.807) is 4.90 Å². The molecule has 0 atom stereocenters. The first-order chi connectivity index (χ1) is 14.3. The number of esters is 1. The number of aliphatic carboxylic acids is 1. The van der Waals surface area contributed by atoms with Crippen LogP contribution in [0.25, 0.3) is 0 Å². The van der Waals surface area contributed by atoms with E-state index in [2.05, 4.69) is 11.2 Å². The molecule has 1 saturated heterocycles. The molecule has 1 aliphatic heterocycles. The van der Waals surface area contributed by atoms with Gasteiger partial charge in [0, 0.05) is 44.3 Å². The van der Waals surface area contributed by atoms with Crippen molar-refractivity contribution in [3.05, 3.63) is 0 Å². The molecular weight excluding hydrogens is 388 g/mol. The van der Waals surface area contributed by atoms with E-state index in [0.717, 1.165) is 32.1 Å². The molecule has 2 N–H and O–H groups in total.